The Morgan fingerprint density at radius 3 is 2.17 bits per heavy atom. The fraction of sp³-hybridized carbons (Fsp3) is 1.00. The van der Waals surface area contributed by atoms with Crippen molar-refractivity contribution in [2.45, 2.75) is 24.7 Å². The van der Waals surface area contributed by atoms with E-state index in [4.69, 9.17) is 10.2 Å². The van der Waals surface area contributed by atoms with Gasteiger partial charge in [-0.25, -0.2) is 0 Å². The highest BCUT2D eigenvalue weighted by Gasteiger charge is 2.24. The number of rotatable bonds is 6. The summed E-state index contributed by atoms with van der Waals surface area (Å²) in [4.78, 5) is 0. The minimum atomic E-state index is -1.17. The minimum Gasteiger partial charge on any atom is -0.396 e. The molecular weight excluding hydrogens is 162 g/mol. The molecule has 0 aromatic rings. The lowest BCUT2D eigenvalue weighted by Gasteiger charge is -2.20. The van der Waals surface area contributed by atoms with Gasteiger partial charge in [-0.2, -0.15) is 0 Å². The number of likely N-dealkylation sites (N-methyl/N-ethyl adjacent to an activating group) is 1. The first kappa shape index (κ1) is 11.8. The maximum absolute atomic E-state index is 9.22. The molecule has 0 amide bonds. The van der Waals surface area contributed by atoms with E-state index in [0.717, 1.165) is 0 Å². The van der Waals surface area contributed by atoms with Gasteiger partial charge in [-0.3, -0.25) is 0 Å². The molecule has 5 heteroatoms. The average molecular weight is 180 g/mol. The smallest absolute Gasteiger partial charge is 0.131 e. The molecule has 0 rings (SSSR count). The number of nitrogens with two attached hydrogens (primary N) is 1. The van der Waals surface area contributed by atoms with Crippen LogP contribution in [0.1, 0.15) is 6.42 Å². The van der Waals surface area contributed by atoms with Crippen LogP contribution in [0.15, 0.2) is 0 Å². The van der Waals surface area contributed by atoms with E-state index in [-0.39, 0.29) is 13.0 Å². The Morgan fingerprint density at radius 1 is 1.17 bits per heavy atom. The number of hydrogen-bond donors (Lipinski definition) is 5. The zero-order valence-corrected chi connectivity index (χ0v) is 7.22. The largest absolute Gasteiger partial charge is 0.396 e. The molecule has 0 spiro atoms. The summed E-state index contributed by atoms with van der Waals surface area (Å²) >= 11 is 0. The molecule has 0 saturated heterocycles. The lowest BCUT2D eigenvalue weighted by Crippen LogP contribution is -2.83. The van der Waals surface area contributed by atoms with Crippen molar-refractivity contribution in [3.05, 3.63) is 0 Å². The van der Waals surface area contributed by atoms with E-state index in [1.807, 2.05) is 0 Å². The summed E-state index contributed by atoms with van der Waals surface area (Å²) < 4.78 is 0. The SMILES string of the molecule is C[NH2+]CC(O)C(O)C(O)CCO. The molecule has 0 radical (unpaired) electrons. The predicted octanol–water partition coefficient (Wildman–Crippen LogP) is -3.36. The van der Waals surface area contributed by atoms with Crippen LogP contribution in [0.25, 0.3) is 0 Å². The van der Waals surface area contributed by atoms with Gasteiger partial charge < -0.3 is 25.7 Å². The Balaban J connectivity index is 3.73. The van der Waals surface area contributed by atoms with Crippen LogP contribution in [-0.4, -0.2) is 58.9 Å². The van der Waals surface area contributed by atoms with Gasteiger partial charge >= 0.3 is 0 Å². The molecule has 0 aliphatic rings. The first-order valence-electron chi connectivity index (χ1n) is 4.06. The first-order valence-corrected chi connectivity index (χ1v) is 4.06. The molecule has 0 aromatic carbocycles. The summed E-state index contributed by atoms with van der Waals surface area (Å²) in [5.74, 6) is 0. The van der Waals surface area contributed by atoms with E-state index in [0.29, 0.717) is 6.54 Å². The molecule has 0 saturated carbocycles. The van der Waals surface area contributed by atoms with Crippen LogP contribution >= 0.6 is 0 Å². The normalized spacial score (nSPS) is 18.8. The van der Waals surface area contributed by atoms with Crippen molar-refractivity contribution in [1.82, 2.24) is 0 Å². The van der Waals surface area contributed by atoms with E-state index in [1.165, 1.54) is 0 Å². The quantitative estimate of drug-likeness (QED) is 0.295. The average Bonchev–Trinajstić information content (AvgIpc) is 2.04. The van der Waals surface area contributed by atoms with Crippen molar-refractivity contribution in [2.24, 2.45) is 0 Å². The maximum Gasteiger partial charge on any atom is 0.131 e. The molecule has 0 aliphatic heterocycles. The Hall–Kier alpha value is -0.200. The molecular formula is C7H18NO4+. The van der Waals surface area contributed by atoms with Gasteiger partial charge in [0.1, 0.15) is 18.8 Å². The molecule has 5 nitrogen and oxygen atoms in total. The zero-order chi connectivity index (χ0) is 9.56. The van der Waals surface area contributed by atoms with Crippen molar-refractivity contribution < 1.29 is 25.7 Å². The van der Waals surface area contributed by atoms with Gasteiger partial charge in [0.05, 0.1) is 13.2 Å². The highest BCUT2D eigenvalue weighted by atomic mass is 16.4. The number of quaternary nitrogens is 1. The third-order valence-corrected chi connectivity index (χ3v) is 1.69. The van der Waals surface area contributed by atoms with Crippen LogP contribution in [0.5, 0.6) is 0 Å². The van der Waals surface area contributed by atoms with E-state index in [9.17, 15) is 10.2 Å². The summed E-state index contributed by atoms with van der Waals surface area (Å²) in [5, 5.41) is 37.7. The van der Waals surface area contributed by atoms with Crippen molar-refractivity contribution in [2.75, 3.05) is 20.2 Å². The monoisotopic (exact) mass is 180 g/mol. The van der Waals surface area contributed by atoms with E-state index in [1.54, 1.807) is 12.4 Å². The molecule has 0 heterocycles. The molecule has 0 aromatic heterocycles. The molecule has 3 unspecified atom stereocenters. The van der Waals surface area contributed by atoms with Gasteiger partial charge in [-0.15, -0.1) is 0 Å². The standard InChI is InChI=1S/C7H17NO4/c1-8-4-6(11)7(12)5(10)2-3-9/h5-12H,2-4H2,1H3/p+1. The Labute approximate surface area is 71.7 Å². The van der Waals surface area contributed by atoms with Crippen molar-refractivity contribution in [3.63, 3.8) is 0 Å². The molecule has 74 valence electrons. The van der Waals surface area contributed by atoms with Crippen molar-refractivity contribution in [3.8, 4) is 0 Å². The Morgan fingerprint density at radius 2 is 1.75 bits per heavy atom. The predicted molar refractivity (Wildman–Crippen MR) is 42.4 cm³/mol. The highest BCUT2D eigenvalue weighted by Crippen LogP contribution is 2.02. The van der Waals surface area contributed by atoms with Crippen LogP contribution in [-0.2, 0) is 0 Å². The van der Waals surface area contributed by atoms with Crippen LogP contribution in [0.3, 0.4) is 0 Å². The molecule has 12 heavy (non-hydrogen) atoms. The van der Waals surface area contributed by atoms with E-state index < -0.39 is 18.3 Å². The molecule has 0 bridgehead atoms. The topological polar surface area (TPSA) is 97.5 Å². The van der Waals surface area contributed by atoms with Crippen LogP contribution < -0.4 is 5.32 Å². The third kappa shape index (κ3) is 3.99. The second kappa shape index (κ2) is 6.33. The van der Waals surface area contributed by atoms with Gasteiger partial charge in [-0.05, 0) is 6.42 Å². The summed E-state index contributed by atoms with van der Waals surface area (Å²) in [6.07, 6.45) is -3.09. The second-order valence-electron chi connectivity index (χ2n) is 2.78. The van der Waals surface area contributed by atoms with E-state index >= 15 is 0 Å². The molecule has 0 fully saturated rings. The van der Waals surface area contributed by atoms with Gasteiger partial charge in [-0.1, -0.05) is 0 Å². The van der Waals surface area contributed by atoms with Crippen molar-refractivity contribution >= 4 is 0 Å². The maximum atomic E-state index is 9.22. The number of hydrogen-bond acceptors (Lipinski definition) is 4. The van der Waals surface area contributed by atoms with Crippen molar-refractivity contribution in [1.29, 1.82) is 0 Å². The fourth-order valence-corrected chi connectivity index (χ4v) is 0.940. The van der Waals surface area contributed by atoms with E-state index in [2.05, 4.69) is 0 Å². The molecule has 0 aliphatic carbocycles. The van der Waals surface area contributed by atoms with Gasteiger partial charge in [0.2, 0.25) is 0 Å². The van der Waals surface area contributed by atoms with Crippen LogP contribution in [0.4, 0.5) is 0 Å². The molecule has 3 atom stereocenters. The summed E-state index contributed by atoms with van der Waals surface area (Å²) in [5.41, 5.74) is 0. The van der Waals surface area contributed by atoms with Crippen LogP contribution in [0.2, 0.25) is 0 Å². The van der Waals surface area contributed by atoms with Crippen LogP contribution in [0, 0.1) is 0 Å². The number of aliphatic hydroxyl groups excluding tert-OH is 4. The lowest BCUT2D eigenvalue weighted by atomic mass is 10.1. The Bertz CT molecular complexity index is 99.6. The second-order valence-corrected chi connectivity index (χ2v) is 2.78. The fourth-order valence-electron chi connectivity index (χ4n) is 0.940. The first-order chi connectivity index (χ1) is 5.63. The summed E-state index contributed by atoms with van der Waals surface area (Å²) in [6.45, 7) is 0.143. The number of aliphatic hydroxyl groups is 4. The van der Waals surface area contributed by atoms with Gasteiger partial charge in [0.25, 0.3) is 0 Å². The van der Waals surface area contributed by atoms with Gasteiger partial charge in [0.15, 0.2) is 0 Å². The minimum absolute atomic E-state index is 0.0853. The third-order valence-electron chi connectivity index (χ3n) is 1.69. The zero-order valence-electron chi connectivity index (χ0n) is 7.22. The summed E-state index contributed by atoms with van der Waals surface area (Å²) in [7, 11) is 1.76. The highest BCUT2D eigenvalue weighted by molar-refractivity contribution is 4.73. The summed E-state index contributed by atoms with van der Waals surface area (Å²) in [6, 6.07) is 0. The van der Waals surface area contributed by atoms with Gasteiger partial charge in [0, 0.05) is 6.61 Å². The Kier molecular flexibility index (Phi) is 6.23. The molecule has 6 N–H and O–H groups in total. The lowest BCUT2D eigenvalue weighted by molar-refractivity contribution is -0.635.